The monoisotopic (exact) mass is 450 g/mol. The molecule has 0 fully saturated rings. The molecule has 1 aromatic heterocycles. The van der Waals surface area contributed by atoms with Crippen LogP contribution in [0.1, 0.15) is 11.1 Å². The SMILES string of the molecule is O=C(Cc1ccc(-n2cccc2)cc1)N(Cc1ccc(B(O)O)cc1)C1C=CS(=O)(=O)C1. The van der Waals surface area contributed by atoms with Crippen molar-refractivity contribution in [2.24, 2.45) is 0 Å². The van der Waals surface area contributed by atoms with Gasteiger partial charge in [0.25, 0.3) is 0 Å². The van der Waals surface area contributed by atoms with Gasteiger partial charge in [0.05, 0.1) is 18.2 Å². The molecule has 2 heterocycles. The summed E-state index contributed by atoms with van der Waals surface area (Å²) >= 11 is 0. The minimum Gasteiger partial charge on any atom is -0.423 e. The van der Waals surface area contributed by atoms with E-state index in [-0.39, 0.29) is 24.6 Å². The number of nitrogens with zero attached hydrogens (tertiary/aromatic N) is 2. The summed E-state index contributed by atoms with van der Waals surface area (Å²) in [6.07, 6.45) is 5.57. The summed E-state index contributed by atoms with van der Waals surface area (Å²) < 4.78 is 25.9. The standard InChI is InChI=1S/C23H23BN2O5S/c27-23(15-18-5-9-21(10-6-18)25-12-1-2-13-25)26(22-11-14-32(30,31)17-22)16-19-3-7-20(8-4-19)24(28)29/h1-14,22,28-29H,15-17H2. The van der Waals surface area contributed by atoms with E-state index < -0.39 is 23.0 Å². The summed E-state index contributed by atoms with van der Waals surface area (Å²) in [7, 11) is -4.90. The first-order valence-electron chi connectivity index (χ1n) is 10.2. The van der Waals surface area contributed by atoms with E-state index in [0.717, 1.165) is 22.2 Å². The predicted molar refractivity (Wildman–Crippen MR) is 123 cm³/mol. The number of hydrogen-bond donors (Lipinski definition) is 2. The van der Waals surface area contributed by atoms with Gasteiger partial charge in [0.1, 0.15) is 0 Å². The highest BCUT2D eigenvalue weighted by atomic mass is 32.2. The Morgan fingerprint density at radius 1 is 1.00 bits per heavy atom. The summed E-state index contributed by atoms with van der Waals surface area (Å²) in [5, 5.41) is 19.7. The molecule has 9 heteroatoms. The molecule has 0 saturated heterocycles. The van der Waals surface area contributed by atoms with Crippen LogP contribution in [0.5, 0.6) is 0 Å². The lowest BCUT2D eigenvalue weighted by molar-refractivity contribution is -0.132. The lowest BCUT2D eigenvalue weighted by atomic mass is 9.80. The van der Waals surface area contributed by atoms with Crippen molar-refractivity contribution in [3.8, 4) is 5.69 Å². The van der Waals surface area contributed by atoms with Crippen LogP contribution in [0.3, 0.4) is 0 Å². The molecule has 1 aliphatic rings. The molecule has 4 rings (SSSR count). The second-order valence-electron chi connectivity index (χ2n) is 7.80. The Morgan fingerprint density at radius 2 is 1.62 bits per heavy atom. The van der Waals surface area contributed by atoms with E-state index in [9.17, 15) is 23.3 Å². The lowest BCUT2D eigenvalue weighted by Crippen LogP contribution is -2.41. The topological polar surface area (TPSA) is 99.8 Å². The van der Waals surface area contributed by atoms with Crippen molar-refractivity contribution in [1.82, 2.24) is 9.47 Å². The van der Waals surface area contributed by atoms with Crippen LogP contribution in [0.2, 0.25) is 0 Å². The lowest BCUT2D eigenvalue weighted by Gasteiger charge is -2.28. The van der Waals surface area contributed by atoms with Gasteiger partial charge in [0.2, 0.25) is 5.91 Å². The van der Waals surface area contributed by atoms with Crippen molar-refractivity contribution in [1.29, 1.82) is 0 Å². The van der Waals surface area contributed by atoms with Crippen LogP contribution in [-0.4, -0.2) is 52.8 Å². The molecule has 0 radical (unpaired) electrons. The third-order valence-electron chi connectivity index (χ3n) is 5.46. The van der Waals surface area contributed by atoms with Crippen molar-refractivity contribution in [2.75, 3.05) is 5.75 Å². The second kappa shape index (κ2) is 9.16. The third kappa shape index (κ3) is 5.19. The molecule has 0 saturated carbocycles. The van der Waals surface area contributed by atoms with Crippen LogP contribution in [0.25, 0.3) is 5.69 Å². The van der Waals surface area contributed by atoms with Crippen LogP contribution >= 0.6 is 0 Å². The fraction of sp³-hybridized carbons (Fsp3) is 0.174. The Balaban J connectivity index is 1.52. The number of rotatable bonds is 7. The van der Waals surface area contributed by atoms with Crippen LogP contribution < -0.4 is 5.46 Å². The van der Waals surface area contributed by atoms with Gasteiger partial charge in [-0.05, 0) is 46.9 Å². The summed E-state index contributed by atoms with van der Waals surface area (Å²) in [4.78, 5) is 14.8. The minimum absolute atomic E-state index is 0.140. The smallest absolute Gasteiger partial charge is 0.423 e. The first-order valence-corrected chi connectivity index (χ1v) is 11.9. The predicted octanol–water partition coefficient (Wildman–Crippen LogP) is 1.04. The van der Waals surface area contributed by atoms with Crippen molar-refractivity contribution in [3.63, 3.8) is 0 Å². The summed E-state index contributed by atoms with van der Waals surface area (Å²) in [6, 6.07) is 17.5. The molecule has 7 nitrogen and oxygen atoms in total. The van der Waals surface area contributed by atoms with Gasteiger partial charge in [-0.1, -0.05) is 36.4 Å². The van der Waals surface area contributed by atoms with Crippen molar-refractivity contribution < 1.29 is 23.3 Å². The average molecular weight is 450 g/mol. The van der Waals surface area contributed by atoms with Crippen molar-refractivity contribution >= 4 is 28.3 Å². The van der Waals surface area contributed by atoms with E-state index in [0.29, 0.717) is 5.46 Å². The molecule has 1 unspecified atom stereocenters. The van der Waals surface area contributed by atoms with Gasteiger partial charge in [-0.25, -0.2) is 8.42 Å². The van der Waals surface area contributed by atoms with Crippen LogP contribution in [0.15, 0.2) is 84.5 Å². The van der Waals surface area contributed by atoms with Gasteiger partial charge in [0, 0.05) is 30.0 Å². The summed E-state index contributed by atoms with van der Waals surface area (Å²) in [5.74, 6) is -0.324. The molecular weight excluding hydrogens is 427 g/mol. The zero-order chi connectivity index (χ0) is 22.7. The molecule has 0 bridgehead atoms. The molecule has 2 aromatic carbocycles. The molecule has 32 heavy (non-hydrogen) atoms. The minimum atomic E-state index is -3.33. The molecule has 164 valence electrons. The van der Waals surface area contributed by atoms with Gasteiger partial charge in [0.15, 0.2) is 9.84 Å². The fourth-order valence-electron chi connectivity index (χ4n) is 3.70. The Labute approximate surface area is 187 Å². The van der Waals surface area contributed by atoms with Gasteiger partial charge in [-0.3, -0.25) is 4.79 Å². The largest absolute Gasteiger partial charge is 0.488 e. The number of carbonyl (C=O) groups is 1. The molecule has 3 aromatic rings. The number of sulfone groups is 1. The van der Waals surface area contributed by atoms with E-state index >= 15 is 0 Å². The number of amides is 1. The fourth-order valence-corrected chi connectivity index (χ4v) is 5.00. The number of carbonyl (C=O) groups excluding carboxylic acids is 1. The van der Waals surface area contributed by atoms with Crippen LogP contribution in [-0.2, 0) is 27.6 Å². The highest BCUT2D eigenvalue weighted by Gasteiger charge is 2.30. The summed E-state index contributed by atoms with van der Waals surface area (Å²) in [6.45, 7) is 0.215. The second-order valence-corrected chi connectivity index (χ2v) is 9.73. The number of benzene rings is 2. The number of hydrogen-bond acceptors (Lipinski definition) is 5. The molecule has 1 aliphatic heterocycles. The Bertz CT molecular complexity index is 1200. The maximum absolute atomic E-state index is 13.2. The Hall–Kier alpha value is -3.14. The normalized spacial score (nSPS) is 16.8. The van der Waals surface area contributed by atoms with E-state index in [2.05, 4.69) is 0 Å². The van der Waals surface area contributed by atoms with Crippen molar-refractivity contribution in [3.05, 3.63) is 95.7 Å². The highest BCUT2D eigenvalue weighted by Crippen LogP contribution is 2.20. The first-order chi connectivity index (χ1) is 15.3. The zero-order valence-electron chi connectivity index (χ0n) is 17.3. The van der Waals surface area contributed by atoms with Gasteiger partial charge >= 0.3 is 7.12 Å². The Morgan fingerprint density at radius 3 is 2.19 bits per heavy atom. The summed E-state index contributed by atoms with van der Waals surface area (Å²) in [5.41, 5.74) is 2.93. The third-order valence-corrected chi connectivity index (χ3v) is 6.83. The van der Waals surface area contributed by atoms with E-state index in [1.165, 1.54) is 0 Å². The molecular formula is C23H23BN2O5S. The first kappa shape index (κ1) is 22.1. The van der Waals surface area contributed by atoms with Gasteiger partial charge in [-0.2, -0.15) is 0 Å². The average Bonchev–Trinajstić information content (AvgIpc) is 3.42. The highest BCUT2D eigenvalue weighted by molar-refractivity contribution is 7.94. The quantitative estimate of drug-likeness (QED) is 0.524. The van der Waals surface area contributed by atoms with Gasteiger partial charge < -0.3 is 19.5 Å². The molecule has 1 amide bonds. The van der Waals surface area contributed by atoms with E-state index in [4.69, 9.17) is 0 Å². The van der Waals surface area contributed by atoms with Crippen LogP contribution in [0, 0.1) is 0 Å². The van der Waals surface area contributed by atoms with Gasteiger partial charge in [-0.15, -0.1) is 0 Å². The van der Waals surface area contributed by atoms with Crippen molar-refractivity contribution in [2.45, 2.75) is 19.0 Å². The Kier molecular flexibility index (Phi) is 6.32. The maximum atomic E-state index is 13.2. The number of aromatic nitrogens is 1. The van der Waals surface area contributed by atoms with E-state index in [1.54, 1.807) is 35.2 Å². The van der Waals surface area contributed by atoms with Crippen LogP contribution in [0.4, 0.5) is 0 Å². The molecule has 0 aliphatic carbocycles. The molecule has 1 atom stereocenters. The maximum Gasteiger partial charge on any atom is 0.488 e. The van der Waals surface area contributed by atoms with E-state index in [1.807, 2.05) is 53.4 Å². The zero-order valence-corrected chi connectivity index (χ0v) is 18.1. The molecule has 0 spiro atoms. The molecule has 2 N–H and O–H groups in total.